The van der Waals surface area contributed by atoms with E-state index in [1.807, 2.05) is 12.1 Å². The van der Waals surface area contributed by atoms with E-state index in [2.05, 4.69) is 15.3 Å². The molecule has 0 atom stereocenters. The van der Waals surface area contributed by atoms with Crippen LogP contribution in [0.2, 0.25) is 0 Å². The topological polar surface area (TPSA) is 109 Å². The Labute approximate surface area is 146 Å². The summed E-state index contributed by atoms with van der Waals surface area (Å²) in [6.07, 6.45) is 2.41. The normalized spacial score (nSPS) is 10.2. The number of nitrogens with one attached hydrogen (secondary N) is 1. The van der Waals surface area contributed by atoms with Gasteiger partial charge in [0, 0.05) is 24.6 Å². The van der Waals surface area contributed by atoms with E-state index in [0.717, 1.165) is 11.1 Å². The molecule has 0 saturated carbocycles. The predicted octanol–water partition coefficient (Wildman–Crippen LogP) is 2.02. The number of amides is 1. The van der Waals surface area contributed by atoms with Crippen molar-refractivity contribution in [3.63, 3.8) is 0 Å². The molecule has 1 heterocycles. The molecule has 134 valence electrons. The molecule has 0 aliphatic heterocycles. The maximum Gasteiger partial charge on any atom is 0.231 e. The second-order valence-corrected chi connectivity index (χ2v) is 5.22. The van der Waals surface area contributed by atoms with Crippen LogP contribution in [-0.2, 0) is 11.2 Å². The Kier molecular flexibility index (Phi) is 5.99. The van der Waals surface area contributed by atoms with Gasteiger partial charge in [-0.3, -0.25) is 10.1 Å². The molecule has 0 bridgehead atoms. The van der Waals surface area contributed by atoms with Gasteiger partial charge in [-0.25, -0.2) is 4.98 Å². The predicted molar refractivity (Wildman–Crippen MR) is 94.3 cm³/mol. The van der Waals surface area contributed by atoms with Crippen molar-refractivity contribution in [1.29, 1.82) is 0 Å². The number of nitrogens with zero attached hydrogens (tertiary/aromatic N) is 2. The van der Waals surface area contributed by atoms with Crippen LogP contribution in [0.3, 0.4) is 0 Å². The molecule has 1 amide bonds. The Morgan fingerprint density at radius 2 is 1.80 bits per heavy atom. The highest BCUT2D eigenvalue weighted by molar-refractivity contribution is 5.88. The quantitative estimate of drug-likeness (QED) is 0.789. The van der Waals surface area contributed by atoms with Crippen molar-refractivity contribution in [1.82, 2.24) is 9.97 Å². The van der Waals surface area contributed by atoms with Crippen molar-refractivity contribution < 1.29 is 19.0 Å². The highest BCUT2D eigenvalue weighted by atomic mass is 16.5. The first-order valence-corrected chi connectivity index (χ1v) is 7.72. The maximum atomic E-state index is 11.4. The van der Waals surface area contributed by atoms with Crippen LogP contribution in [0.25, 0.3) is 0 Å². The Morgan fingerprint density at radius 1 is 1.16 bits per heavy atom. The second kappa shape index (κ2) is 8.18. The molecule has 0 saturated heterocycles. The molecule has 8 heteroatoms. The third-order valence-electron chi connectivity index (χ3n) is 3.59. The molecule has 3 N–H and O–H groups in total. The Balaban J connectivity index is 2.29. The van der Waals surface area contributed by atoms with Crippen LogP contribution in [0.4, 0.5) is 11.8 Å². The minimum Gasteiger partial charge on any atom is -0.493 e. The largest absolute Gasteiger partial charge is 0.493 e. The first kappa shape index (κ1) is 18.3. The van der Waals surface area contributed by atoms with Gasteiger partial charge in [-0.1, -0.05) is 6.92 Å². The number of hydrogen-bond donors (Lipinski definition) is 2. The van der Waals surface area contributed by atoms with Crippen molar-refractivity contribution in [3.8, 4) is 17.2 Å². The fourth-order valence-corrected chi connectivity index (χ4v) is 2.29. The summed E-state index contributed by atoms with van der Waals surface area (Å²) in [7, 11) is 4.67. The van der Waals surface area contributed by atoms with E-state index in [1.165, 1.54) is 0 Å². The van der Waals surface area contributed by atoms with Crippen LogP contribution < -0.4 is 25.3 Å². The molecule has 2 aromatic rings. The number of carbonyl (C=O) groups excluding carboxylic acids is 1. The molecule has 0 aliphatic carbocycles. The molecule has 0 radical (unpaired) electrons. The van der Waals surface area contributed by atoms with Crippen LogP contribution in [0.1, 0.15) is 24.5 Å². The zero-order valence-corrected chi connectivity index (χ0v) is 14.8. The van der Waals surface area contributed by atoms with E-state index in [-0.39, 0.29) is 11.9 Å². The number of aromatic nitrogens is 2. The second-order valence-electron chi connectivity index (χ2n) is 5.22. The van der Waals surface area contributed by atoms with Gasteiger partial charge in [-0.15, -0.1) is 0 Å². The lowest BCUT2D eigenvalue weighted by molar-refractivity contribution is -0.115. The minimum atomic E-state index is -0.170. The van der Waals surface area contributed by atoms with Crippen molar-refractivity contribution in [2.45, 2.75) is 19.8 Å². The molecule has 25 heavy (non-hydrogen) atoms. The smallest absolute Gasteiger partial charge is 0.231 e. The average molecular weight is 346 g/mol. The van der Waals surface area contributed by atoms with E-state index >= 15 is 0 Å². The molecule has 0 fully saturated rings. The Bertz CT molecular complexity index is 739. The average Bonchev–Trinajstić information content (AvgIpc) is 2.62. The number of methoxy groups -OCH3 is 3. The Morgan fingerprint density at radius 3 is 2.28 bits per heavy atom. The van der Waals surface area contributed by atoms with Crippen molar-refractivity contribution in [2.75, 3.05) is 32.4 Å². The molecular weight excluding hydrogens is 324 g/mol. The highest BCUT2D eigenvalue weighted by Crippen LogP contribution is 2.38. The van der Waals surface area contributed by atoms with Crippen LogP contribution in [0.5, 0.6) is 17.2 Å². The number of anilines is 2. The van der Waals surface area contributed by atoms with Gasteiger partial charge in [0.05, 0.1) is 21.3 Å². The molecule has 8 nitrogen and oxygen atoms in total. The zero-order valence-electron chi connectivity index (χ0n) is 14.8. The van der Waals surface area contributed by atoms with E-state index in [1.54, 1.807) is 34.4 Å². The summed E-state index contributed by atoms with van der Waals surface area (Å²) in [4.78, 5) is 19.7. The lowest BCUT2D eigenvalue weighted by Crippen LogP contribution is -2.13. The van der Waals surface area contributed by atoms with Gasteiger partial charge in [0.25, 0.3) is 0 Å². The summed E-state index contributed by atoms with van der Waals surface area (Å²) in [5.41, 5.74) is 7.62. The zero-order chi connectivity index (χ0) is 18.4. The number of nitrogens with two attached hydrogens (primary N) is 1. The van der Waals surface area contributed by atoms with E-state index in [0.29, 0.717) is 35.9 Å². The first-order chi connectivity index (χ1) is 12.0. The number of nitrogen functional groups attached to an aromatic ring is 1. The number of carbonyl (C=O) groups is 1. The van der Waals surface area contributed by atoms with Gasteiger partial charge in [-0.05, 0) is 17.7 Å². The molecule has 0 spiro atoms. The van der Waals surface area contributed by atoms with Gasteiger partial charge >= 0.3 is 0 Å². The molecule has 0 unspecified atom stereocenters. The number of rotatable bonds is 7. The molecule has 1 aromatic carbocycles. The molecule has 2 rings (SSSR count). The monoisotopic (exact) mass is 346 g/mol. The standard InChI is InChI=1S/C17H22N4O4/c1-5-14(22)20-17-19-9-11(16(18)21-17)6-10-7-12(23-2)15(25-4)13(8-10)24-3/h7-9H,5-6H2,1-4H3,(H3,18,19,20,21,22). The van der Waals surface area contributed by atoms with Gasteiger partial charge in [-0.2, -0.15) is 4.98 Å². The number of hydrogen-bond acceptors (Lipinski definition) is 7. The molecule has 0 aliphatic rings. The third-order valence-corrected chi connectivity index (χ3v) is 3.59. The fraction of sp³-hybridized carbons (Fsp3) is 0.353. The van der Waals surface area contributed by atoms with Crippen LogP contribution >= 0.6 is 0 Å². The van der Waals surface area contributed by atoms with Crippen molar-refractivity contribution in [3.05, 3.63) is 29.5 Å². The summed E-state index contributed by atoms with van der Waals surface area (Å²) >= 11 is 0. The summed E-state index contributed by atoms with van der Waals surface area (Å²) in [6, 6.07) is 3.68. The van der Waals surface area contributed by atoms with Crippen LogP contribution in [-0.4, -0.2) is 37.2 Å². The lowest BCUT2D eigenvalue weighted by Gasteiger charge is -2.14. The maximum absolute atomic E-state index is 11.4. The van der Waals surface area contributed by atoms with Gasteiger partial charge in [0.1, 0.15) is 5.82 Å². The van der Waals surface area contributed by atoms with Crippen LogP contribution in [0.15, 0.2) is 18.3 Å². The lowest BCUT2D eigenvalue weighted by atomic mass is 10.1. The van der Waals surface area contributed by atoms with E-state index in [9.17, 15) is 4.79 Å². The third kappa shape index (κ3) is 4.28. The van der Waals surface area contributed by atoms with E-state index in [4.69, 9.17) is 19.9 Å². The number of ether oxygens (including phenoxy) is 3. The summed E-state index contributed by atoms with van der Waals surface area (Å²) in [6.45, 7) is 1.75. The van der Waals surface area contributed by atoms with Crippen molar-refractivity contribution >= 4 is 17.7 Å². The van der Waals surface area contributed by atoms with Crippen LogP contribution in [0, 0.1) is 0 Å². The molecular formula is C17H22N4O4. The Hall–Kier alpha value is -3.03. The summed E-state index contributed by atoms with van der Waals surface area (Å²) in [5, 5.41) is 2.58. The number of benzene rings is 1. The highest BCUT2D eigenvalue weighted by Gasteiger charge is 2.15. The SMILES string of the molecule is CCC(=O)Nc1ncc(Cc2cc(OC)c(OC)c(OC)c2)c(N)n1. The summed E-state index contributed by atoms with van der Waals surface area (Å²) in [5.74, 6) is 1.96. The van der Waals surface area contributed by atoms with Gasteiger partial charge in [0.15, 0.2) is 11.5 Å². The molecule has 1 aromatic heterocycles. The fourth-order valence-electron chi connectivity index (χ4n) is 2.29. The van der Waals surface area contributed by atoms with E-state index < -0.39 is 0 Å². The first-order valence-electron chi connectivity index (χ1n) is 7.72. The minimum absolute atomic E-state index is 0.170. The van der Waals surface area contributed by atoms with Crippen molar-refractivity contribution in [2.24, 2.45) is 0 Å². The van der Waals surface area contributed by atoms with Gasteiger partial charge in [0.2, 0.25) is 17.6 Å². The summed E-state index contributed by atoms with van der Waals surface area (Å²) < 4.78 is 16.0. The van der Waals surface area contributed by atoms with Gasteiger partial charge < -0.3 is 19.9 Å².